The van der Waals surface area contributed by atoms with Gasteiger partial charge in [0.05, 0.1) is 11.0 Å². The molecule has 0 saturated carbocycles. The van der Waals surface area contributed by atoms with Gasteiger partial charge in [-0.15, -0.1) is 0 Å². The lowest BCUT2D eigenvalue weighted by Gasteiger charge is -2.15. The van der Waals surface area contributed by atoms with Gasteiger partial charge in [0.2, 0.25) is 0 Å². The van der Waals surface area contributed by atoms with Crippen molar-refractivity contribution in [3.8, 4) is 0 Å². The fraction of sp³-hybridized carbons (Fsp3) is 0.467. The number of benzene rings is 1. The summed E-state index contributed by atoms with van der Waals surface area (Å²) in [6, 6.07) is 9.12. The van der Waals surface area contributed by atoms with E-state index in [1.54, 1.807) is 0 Å². The molecule has 0 aliphatic rings. The molecule has 0 amide bonds. The summed E-state index contributed by atoms with van der Waals surface area (Å²) in [4.78, 5) is 0. The van der Waals surface area contributed by atoms with Crippen LogP contribution in [0.4, 0.5) is 0 Å². The molecular formula is C15H21BrN2O. The Morgan fingerprint density at radius 2 is 2.00 bits per heavy atom. The van der Waals surface area contributed by atoms with Crippen LogP contribution in [0.3, 0.4) is 0 Å². The largest absolute Gasteiger partial charge is 0.459 e. The van der Waals surface area contributed by atoms with Gasteiger partial charge in [-0.1, -0.05) is 26.0 Å². The first kappa shape index (κ1) is 14.6. The Morgan fingerprint density at radius 1 is 1.21 bits per heavy atom. The smallest absolute Gasteiger partial charge is 0.148 e. The first-order valence-corrected chi connectivity index (χ1v) is 7.49. The van der Waals surface area contributed by atoms with Gasteiger partial charge < -0.3 is 15.1 Å². The van der Waals surface area contributed by atoms with E-state index in [9.17, 15) is 0 Å². The molecule has 2 N–H and O–H groups in total. The third kappa shape index (κ3) is 4.06. The summed E-state index contributed by atoms with van der Waals surface area (Å²) in [5.74, 6) is 0.971. The molecule has 0 spiro atoms. The zero-order valence-corrected chi connectivity index (χ0v) is 13.3. The maximum Gasteiger partial charge on any atom is 0.148 e. The number of nitrogens with one attached hydrogen (secondary N) is 2. The molecule has 1 aromatic heterocycles. The molecule has 2 rings (SSSR count). The molecule has 0 fully saturated rings. The van der Waals surface area contributed by atoms with Gasteiger partial charge in [-0.25, -0.2) is 0 Å². The summed E-state index contributed by atoms with van der Waals surface area (Å²) in [7, 11) is 0. The molecule has 1 heterocycles. The van der Waals surface area contributed by atoms with E-state index in [4.69, 9.17) is 4.42 Å². The SMILES string of the molecule is CC(C)NCC(C)NCc1cc2cccc(Br)c2o1. The average molecular weight is 325 g/mol. The normalized spacial score (nSPS) is 13.3. The summed E-state index contributed by atoms with van der Waals surface area (Å²) in [5.41, 5.74) is 0.923. The van der Waals surface area contributed by atoms with Crippen LogP contribution in [-0.4, -0.2) is 18.6 Å². The highest BCUT2D eigenvalue weighted by Gasteiger charge is 2.08. The quantitative estimate of drug-likeness (QED) is 0.851. The highest BCUT2D eigenvalue weighted by atomic mass is 79.9. The number of para-hydroxylation sites is 1. The lowest BCUT2D eigenvalue weighted by molar-refractivity contribution is 0.442. The van der Waals surface area contributed by atoms with E-state index in [0.29, 0.717) is 12.1 Å². The second-order valence-corrected chi connectivity index (χ2v) is 6.07. The van der Waals surface area contributed by atoms with Gasteiger partial charge in [0.25, 0.3) is 0 Å². The predicted octanol–water partition coefficient (Wildman–Crippen LogP) is 3.67. The Morgan fingerprint density at radius 3 is 2.68 bits per heavy atom. The van der Waals surface area contributed by atoms with Crippen molar-refractivity contribution in [2.75, 3.05) is 6.54 Å². The van der Waals surface area contributed by atoms with Gasteiger partial charge in [0.1, 0.15) is 11.3 Å². The average Bonchev–Trinajstić information content (AvgIpc) is 2.78. The topological polar surface area (TPSA) is 37.2 Å². The zero-order valence-electron chi connectivity index (χ0n) is 11.7. The van der Waals surface area contributed by atoms with Crippen LogP contribution in [-0.2, 0) is 6.54 Å². The summed E-state index contributed by atoms with van der Waals surface area (Å²) in [5, 5.41) is 8.02. The van der Waals surface area contributed by atoms with Gasteiger partial charge in [-0.2, -0.15) is 0 Å². The Kier molecular flexibility index (Phi) is 5.02. The van der Waals surface area contributed by atoms with E-state index in [2.05, 4.69) is 59.5 Å². The van der Waals surface area contributed by atoms with Crippen molar-refractivity contribution < 1.29 is 4.42 Å². The van der Waals surface area contributed by atoms with E-state index in [1.807, 2.05) is 12.1 Å². The summed E-state index contributed by atoms with van der Waals surface area (Å²) >= 11 is 3.51. The van der Waals surface area contributed by atoms with Crippen LogP contribution >= 0.6 is 15.9 Å². The fourth-order valence-corrected chi connectivity index (χ4v) is 2.39. The van der Waals surface area contributed by atoms with Gasteiger partial charge >= 0.3 is 0 Å². The highest BCUT2D eigenvalue weighted by molar-refractivity contribution is 9.10. The van der Waals surface area contributed by atoms with E-state index >= 15 is 0 Å². The van der Waals surface area contributed by atoms with Crippen LogP contribution in [0.2, 0.25) is 0 Å². The number of fused-ring (bicyclic) bond motifs is 1. The predicted molar refractivity (Wildman–Crippen MR) is 83.4 cm³/mol. The van der Waals surface area contributed by atoms with Crippen LogP contribution in [0.25, 0.3) is 11.0 Å². The Balaban J connectivity index is 1.93. The molecule has 0 aliphatic heterocycles. The van der Waals surface area contributed by atoms with Crippen molar-refractivity contribution in [1.29, 1.82) is 0 Å². The number of hydrogen-bond acceptors (Lipinski definition) is 3. The minimum atomic E-state index is 0.416. The summed E-state index contributed by atoms with van der Waals surface area (Å²) in [6.45, 7) is 8.20. The first-order valence-electron chi connectivity index (χ1n) is 6.70. The van der Waals surface area contributed by atoms with E-state index in [1.165, 1.54) is 0 Å². The molecule has 104 valence electrons. The Bertz CT molecular complexity index is 536. The van der Waals surface area contributed by atoms with Crippen LogP contribution in [0.1, 0.15) is 26.5 Å². The zero-order chi connectivity index (χ0) is 13.8. The molecule has 0 radical (unpaired) electrons. The minimum Gasteiger partial charge on any atom is -0.459 e. The van der Waals surface area contributed by atoms with Crippen LogP contribution in [0, 0.1) is 0 Å². The number of hydrogen-bond donors (Lipinski definition) is 2. The van der Waals surface area contributed by atoms with Crippen molar-refractivity contribution in [2.45, 2.75) is 39.4 Å². The first-order chi connectivity index (χ1) is 9.06. The Hall–Kier alpha value is -0.840. The van der Waals surface area contributed by atoms with Crippen molar-refractivity contribution in [3.05, 3.63) is 34.5 Å². The van der Waals surface area contributed by atoms with Crippen LogP contribution in [0.5, 0.6) is 0 Å². The fourth-order valence-electron chi connectivity index (χ4n) is 1.93. The highest BCUT2D eigenvalue weighted by Crippen LogP contribution is 2.26. The molecule has 2 aromatic rings. The Labute approximate surface area is 122 Å². The molecule has 1 atom stereocenters. The monoisotopic (exact) mass is 324 g/mol. The molecule has 0 bridgehead atoms. The lowest BCUT2D eigenvalue weighted by atomic mass is 10.2. The molecule has 19 heavy (non-hydrogen) atoms. The molecule has 4 heteroatoms. The van der Waals surface area contributed by atoms with Gasteiger partial charge in [0.15, 0.2) is 0 Å². The molecule has 1 unspecified atom stereocenters. The van der Waals surface area contributed by atoms with Crippen LogP contribution in [0.15, 0.2) is 33.2 Å². The summed E-state index contributed by atoms with van der Waals surface area (Å²) < 4.78 is 6.85. The van der Waals surface area contributed by atoms with Crippen LogP contribution < -0.4 is 10.6 Å². The summed E-state index contributed by atoms with van der Waals surface area (Å²) in [6.07, 6.45) is 0. The van der Waals surface area contributed by atoms with Gasteiger partial charge in [-0.05, 0) is 35.0 Å². The van der Waals surface area contributed by atoms with Gasteiger partial charge in [0, 0.05) is 24.0 Å². The van der Waals surface area contributed by atoms with Crippen molar-refractivity contribution in [1.82, 2.24) is 10.6 Å². The molecule has 0 saturated heterocycles. The van der Waals surface area contributed by atoms with Crippen molar-refractivity contribution in [3.63, 3.8) is 0 Å². The van der Waals surface area contributed by atoms with Gasteiger partial charge in [-0.3, -0.25) is 0 Å². The maximum atomic E-state index is 5.85. The molecule has 1 aromatic carbocycles. The minimum absolute atomic E-state index is 0.416. The van der Waals surface area contributed by atoms with E-state index in [0.717, 1.165) is 34.3 Å². The lowest BCUT2D eigenvalue weighted by Crippen LogP contribution is -2.38. The molecular weight excluding hydrogens is 304 g/mol. The third-order valence-corrected chi connectivity index (χ3v) is 3.63. The second-order valence-electron chi connectivity index (χ2n) is 5.22. The van der Waals surface area contributed by atoms with Crippen molar-refractivity contribution >= 4 is 26.9 Å². The number of furan rings is 1. The molecule has 0 aliphatic carbocycles. The van der Waals surface area contributed by atoms with E-state index < -0.39 is 0 Å². The molecule has 3 nitrogen and oxygen atoms in total. The number of halogens is 1. The third-order valence-electron chi connectivity index (χ3n) is 3.00. The van der Waals surface area contributed by atoms with Crippen molar-refractivity contribution in [2.24, 2.45) is 0 Å². The maximum absolute atomic E-state index is 5.85. The van der Waals surface area contributed by atoms with E-state index in [-0.39, 0.29) is 0 Å². The second kappa shape index (κ2) is 6.55. The number of rotatable bonds is 6. The standard InChI is InChI=1S/C15H21BrN2O/c1-10(2)17-8-11(3)18-9-13-7-12-5-4-6-14(16)15(12)19-13/h4-7,10-11,17-18H,8-9H2,1-3H3.